The molecule has 51 heavy (non-hydrogen) atoms. The van der Waals surface area contributed by atoms with Crippen LogP contribution in [0.5, 0.6) is 0 Å². The van der Waals surface area contributed by atoms with E-state index in [0.717, 1.165) is 46.3 Å². The van der Waals surface area contributed by atoms with Crippen LogP contribution in [0.15, 0.2) is 146 Å². The summed E-state index contributed by atoms with van der Waals surface area (Å²) < 4.78 is 13.4. The highest BCUT2D eigenvalue weighted by Gasteiger charge is 2.33. The fourth-order valence-corrected chi connectivity index (χ4v) is 6.80. The first kappa shape index (κ1) is 34.3. The quantitative estimate of drug-likeness (QED) is 0.143. The van der Waals surface area contributed by atoms with Crippen molar-refractivity contribution in [2.45, 2.75) is 51.0 Å². The van der Waals surface area contributed by atoms with Crippen LogP contribution in [0.3, 0.4) is 0 Å². The molecule has 0 unspecified atom stereocenters. The Kier molecular flexibility index (Phi) is 10.7. The van der Waals surface area contributed by atoms with E-state index >= 15 is 0 Å². The smallest absolute Gasteiger partial charge is 0.251 e. The predicted octanol–water partition coefficient (Wildman–Crippen LogP) is 9.17. The topological polar surface area (TPSA) is 71.0 Å². The highest BCUT2D eigenvalue weighted by molar-refractivity contribution is 5.94. The maximum absolute atomic E-state index is 12.6. The van der Waals surface area contributed by atoms with E-state index < -0.39 is 6.29 Å². The molecular formula is C45H44N2O4. The van der Waals surface area contributed by atoms with E-state index in [0.29, 0.717) is 12.1 Å². The summed E-state index contributed by atoms with van der Waals surface area (Å²) in [7, 11) is 2.16. The summed E-state index contributed by atoms with van der Waals surface area (Å²) >= 11 is 0. The van der Waals surface area contributed by atoms with Gasteiger partial charge in [-0.1, -0.05) is 121 Å². The van der Waals surface area contributed by atoms with Gasteiger partial charge >= 0.3 is 0 Å². The minimum Gasteiger partial charge on any atom is -0.392 e. The number of amides is 1. The van der Waals surface area contributed by atoms with Crippen molar-refractivity contribution in [2.75, 3.05) is 13.6 Å². The molecule has 0 radical (unpaired) electrons. The molecule has 6 aromatic carbocycles. The van der Waals surface area contributed by atoms with Gasteiger partial charge < -0.3 is 19.9 Å². The molecule has 6 nitrogen and oxygen atoms in total. The second-order valence-corrected chi connectivity index (χ2v) is 13.4. The summed E-state index contributed by atoms with van der Waals surface area (Å²) in [6.07, 6.45) is -0.0470. The first-order chi connectivity index (χ1) is 24.9. The van der Waals surface area contributed by atoms with E-state index in [1.165, 1.54) is 16.3 Å². The first-order valence-corrected chi connectivity index (χ1v) is 17.7. The lowest BCUT2D eigenvalue weighted by molar-refractivity contribution is -0.253. The number of likely N-dealkylation sites (N-methyl/N-ethyl adjacent to an activating group) is 1. The van der Waals surface area contributed by atoms with Crippen LogP contribution < -0.4 is 5.32 Å². The van der Waals surface area contributed by atoms with Crippen LogP contribution in [0.2, 0.25) is 0 Å². The van der Waals surface area contributed by atoms with Gasteiger partial charge in [-0.25, -0.2) is 0 Å². The molecule has 0 aromatic heterocycles. The van der Waals surface area contributed by atoms with E-state index in [4.69, 9.17) is 9.47 Å². The standard InChI is InChI=1S/C45H44N2O4/c1-31(39-24-21-34-10-6-7-13-41(34)26-39)47(2)29-42-27-43(36-17-15-32(30-48)16-18-36)51-45(50-42)38-22-19-35(20-23-38)40-14-8-9-33(25-40)28-46-44(49)37-11-4-3-5-12-37/h3-26,31,42-43,45,48H,27-30H2,1-2H3,(H,46,49)/t31-,42+,43-,45-/m1/s1. The normalized spacial score (nSPS) is 18.1. The van der Waals surface area contributed by atoms with Crippen molar-refractivity contribution >= 4 is 16.7 Å². The third-order valence-corrected chi connectivity index (χ3v) is 9.96. The van der Waals surface area contributed by atoms with Gasteiger partial charge in [0.2, 0.25) is 0 Å². The molecule has 1 fully saturated rings. The number of aliphatic hydroxyl groups is 1. The number of benzene rings is 6. The number of hydrogen-bond donors (Lipinski definition) is 2. The zero-order chi connectivity index (χ0) is 35.2. The maximum Gasteiger partial charge on any atom is 0.251 e. The minimum absolute atomic E-state index is 0.00913. The predicted molar refractivity (Wildman–Crippen MR) is 203 cm³/mol. The molecule has 7 rings (SSSR count). The van der Waals surface area contributed by atoms with E-state index in [9.17, 15) is 9.90 Å². The molecule has 2 N–H and O–H groups in total. The molecule has 6 aromatic rings. The van der Waals surface area contributed by atoms with Gasteiger partial charge in [-0.2, -0.15) is 0 Å². The van der Waals surface area contributed by atoms with Crippen molar-refractivity contribution in [1.82, 2.24) is 10.2 Å². The van der Waals surface area contributed by atoms with Crippen LogP contribution in [0.25, 0.3) is 21.9 Å². The summed E-state index contributed by atoms with van der Waals surface area (Å²) in [6.45, 7) is 3.44. The van der Waals surface area contributed by atoms with E-state index in [1.54, 1.807) is 0 Å². The molecule has 0 saturated carbocycles. The Bertz CT molecular complexity index is 2060. The van der Waals surface area contributed by atoms with E-state index in [-0.39, 0.29) is 30.8 Å². The zero-order valence-electron chi connectivity index (χ0n) is 29.1. The van der Waals surface area contributed by atoms with Gasteiger partial charge in [0.05, 0.1) is 18.8 Å². The summed E-state index contributed by atoms with van der Waals surface area (Å²) in [5.74, 6) is -0.0897. The second kappa shape index (κ2) is 15.8. The summed E-state index contributed by atoms with van der Waals surface area (Å²) in [4.78, 5) is 14.9. The van der Waals surface area contributed by atoms with Crippen molar-refractivity contribution in [1.29, 1.82) is 0 Å². The number of hydrogen-bond acceptors (Lipinski definition) is 5. The number of carbonyl (C=O) groups excluding carboxylic acids is 1. The molecule has 4 atom stereocenters. The summed E-state index contributed by atoms with van der Waals surface area (Å²) in [6, 6.07) is 49.3. The number of fused-ring (bicyclic) bond motifs is 1. The van der Waals surface area contributed by atoms with Crippen LogP contribution in [0, 0.1) is 0 Å². The number of nitrogens with zero attached hydrogens (tertiary/aromatic N) is 1. The Hall–Kier alpha value is -5.11. The Balaban J connectivity index is 1.07. The first-order valence-electron chi connectivity index (χ1n) is 17.7. The van der Waals surface area contributed by atoms with Gasteiger partial charge in [0.15, 0.2) is 6.29 Å². The molecule has 0 spiro atoms. The maximum atomic E-state index is 12.6. The molecule has 6 heteroatoms. The Morgan fingerprint density at radius 3 is 2.24 bits per heavy atom. The number of nitrogens with one attached hydrogen (secondary N) is 1. The molecule has 1 heterocycles. The lowest BCUT2D eigenvalue weighted by atomic mass is 9.98. The molecule has 258 valence electrons. The number of aliphatic hydroxyl groups excluding tert-OH is 1. The average Bonchev–Trinajstić information content (AvgIpc) is 3.19. The van der Waals surface area contributed by atoms with E-state index in [1.807, 2.05) is 54.6 Å². The summed E-state index contributed by atoms with van der Waals surface area (Å²) in [5, 5.41) is 15.1. The van der Waals surface area contributed by atoms with Crippen LogP contribution in [-0.4, -0.2) is 35.6 Å². The highest BCUT2D eigenvalue weighted by Crippen LogP contribution is 2.39. The van der Waals surface area contributed by atoms with Gasteiger partial charge in [0.1, 0.15) is 0 Å². The molecule has 1 amide bonds. The monoisotopic (exact) mass is 676 g/mol. The average molecular weight is 677 g/mol. The Morgan fingerprint density at radius 2 is 1.47 bits per heavy atom. The minimum atomic E-state index is -0.538. The molecule has 1 aliphatic heterocycles. The van der Waals surface area contributed by atoms with Gasteiger partial charge in [0, 0.05) is 36.7 Å². The molecule has 1 saturated heterocycles. The van der Waals surface area contributed by atoms with Crippen LogP contribution in [-0.2, 0) is 22.6 Å². The Morgan fingerprint density at radius 1 is 0.745 bits per heavy atom. The lowest BCUT2D eigenvalue weighted by Crippen LogP contribution is -2.38. The van der Waals surface area contributed by atoms with E-state index in [2.05, 4.69) is 115 Å². The van der Waals surface area contributed by atoms with Gasteiger partial charge in [-0.05, 0) is 82.4 Å². The van der Waals surface area contributed by atoms with Gasteiger partial charge in [-0.3, -0.25) is 9.69 Å². The van der Waals surface area contributed by atoms with Gasteiger partial charge in [-0.15, -0.1) is 0 Å². The Labute approximate surface area is 300 Å². The van der Waals surface area contributed by atoms with Crippen molar-refractivity contribution < 1.29 is 19.4 Å². The van der Waals surface area contributed by atoms with Crippen molar-refractivity contribution in [3.8, 4) is 11.1 Å². The molecule has 0 aliphatic carbocycles. The molecular weight excluding hydrogens is 633 g/mol. The van der Waals surface area contributed by atoms with Gasteiger partial charge in [0.25, 0.3) is 5.91 Å². The number of rotatable bonds is 11. The fourth-order valence-electron chi connectivity index (χ4n) is 6.80. The van der Waals surface area contributed by atoms with Crippen molar-refractivity contribution in [3.05, 3.63) is 179 Å². The van der Waals surface area contributed by atoms with Crippen LogP contribution >= 0.6 is 0 Å². The SMILES string of the molecule is C[C@H](c1ccc2ccccc2c1)N(C)C[C@@H]1C[C@H](c2ccc(CO)cc2)O[C@H](c2ccc(-c3cccc(CNC(=O)c4ccccc4)c3)cc2)O1. The third kappa shape index (κ3) is 8.28. The van der Waals surface area contributed by atoms with Crippen molar-refractivity contribution in [2.24, 2.45) is 0 Å². The number of ether oxygens (including phenoxy) is 2. The third-order valence-electron chi connectivity index (χ3n) is 9.96. The summed E-state index contributed by atoms with van der Waals surface area (Å²) in [5.41, 5.74) is 7.99. The highest BCUT2D eigenvalue weighted by atomic mass is 16.7. The lowest BCUT2D eigenvalue weighted by Gasteiger charge is -2.39. The molecule has 1 aliphatic rings. The van der Waals surface area contributed by atoms with Crippen molar-refractivity contribution in [3.63, 3.8) is 0 Å². The van der Waals surface area contributed by atoms with Crippen LogP contribution in [0.4, 0.5) is 0 Å². The number of carbonyl (C=O) groups is 1. The second-order valence-electron chi connectivity index (χ2n) is 13.4. The largest absolute Gasteiger partial charge is 0.392 e. The fraction of sp³-hybridized carbons (Fsp3) is 0.222. The van der Waals surface area contributed by atoms with Crippen LogP contribution in [0.1, 0.15) is 70.0 Å². The zero-order valence-corrected chi connectivity index (χ0v) is 29.1. The molecule has 0 bridgehead atoms.